The standard InChI is InChI=1S/C21H24F2N4O2S/c1-13(28)26-6-8-27(9-7-26)21-25-18-5-2-14(11-19(18)30-21)20(29)24-12-15-10-16(22)3-4-17(15)23/h3-4,10,14H,2,5-9,11-12H2,1H3,(H,24,29). The number of rotatable bonds is 4. The molecule has 160 valence electrons. The van der Waals surface area contributed by atoms with Crippen LogP contribution >= 0.6 is 11.3 Å². The van der Waals surface area contributed by atoms with Gasteiger partial charge in [-0.1, -0.05) is 0 Å². The average molecular weight is 435 g/mol. The number of hydrogen-bond acceptors (Lipinski definition) is 5. The summed E-state index contributed by atoms with van der Waals surface area (Å²) in [6.45, 7) is 4.47. The smallest absolute Gasteiger partial charge is 0.223 e. The number of nitrogens with zero attached hydrogens (tertiary/aromatic N) is 3. The molecule has 1 atom stereocenters. The number of thiazole rings is 1. The number of amides is 2. The van der Waals surface area contributed by atoms with Gasteiger partial charge in [0.25, 0.3) is 0 Å². The molecule has 1 unspecified atom stereocenters. The van der Waals surface area contributed by atoms with Gasteiger partial charge in [0, 0.05) is 56.0 Å². The maximum absolute atomic E-state index is 13.8. The van der Waals surface area contributed by atoms with Crippen molar-refractivity contribution in [3.8, 4) is 0 Å². The number of carbonyl (C=O) groups excluding carboxylic acids is 2. The molecule has 6 nitrogen and oxygen atoms in total. The molecule has 1 aromatic carbocycles. The predicted octanol–water partition coefficient (Wildman–Crippen LogP) is 2.51. The van der Waals surface area contributed by atoms with E-state index in [1.54, 1.807) is 18.3 Å². The Bertz CT molecular complexity index is 956. The maximum Gasteiger partial charge on any atom is 0.223 e. The Hall–Kier alpha value is -2.55. The van der Waals surface area contributed by atoms with Gasteiger partial charge in [-0.2, -0.15) is 0 Å². The number of nitrogens with one attached hydrogen (secondary N) is 1. The molecule has 0 saturated carbocycles. The van der Waals surface area contributed by atoms with Crippen LogP contribution in [0.5, 0.6) is 0 Å². The molecule has 1 fully saturated rings. The Labute approximate surface area is 177 Å². The molecule has 1 N–H and O–H groups in total. The van der Waals surface area contributed by atoms with E-state index in [9.17, 15) is 18.4 Å². The van der Waals surface area contributed by atoms with Crippen molar-refractivity contribution in [3.05, 3.63) is 46.0 Å². The first-order chi connectivity index (χ1) is 14.4. The van der Waals surface area contributed by atoms with Gasteiger partial charge in [0.1, 0.15) is 11.6 Å². The first kappa shape index (κ1) is 20.7. The molecule has 30 heavy (non-hydrogen) atoms. The molecule has 2 heterocycles. The van der Waals surface area contributed by atoms with Crippen LogP contribution in [0.15, 0.2) is 18.2 Å². The molecule has 9 heteroatoms. The van der Waals surface area contributed by atoms with Crippen molar-refractivity contribution in [2.75, 3.05) is 31.1 Å². The van der Waals surface area contributed by atoms with Crippen molar-refractivity contribution in [3.63, 3.8) is 0 Å². The highest BCUT2D eigenvalue weighted by Gasteiger charge is 2.29. The fraction of sp³-hybridized carbons (Fsp3) is 0.476. The molecule has 1 aliphatic carbocycles. The predicted molar refractivity (Wildman–Crippen MR) is 110 cm³/mol. The lowest BCUT2D eigenvalue weighted by Gasteiger charge is -2.33. The molecule has 0 spiro atoms. The number of fused-ring (bicyclic) bond motifs is 1. The average Bonchev–Trinajstić information content (AvgIpc) is 3.17. The Balaban J connectivity index is 1.35. The molecule has 1 aliphatic heterocycles. The second-order valence-electron chi connectivity index (χ2n) is 7.75. The molecule has 1 aromatic heterocycles. The topological polar surface area (TPSA) is 65.5 Å². The summed E-state index contributed by atoms with van der Waals surface area (Å²) < 4.78 is 27.1. The van der Waals surface area contributed by atoms with E-state index < -0.39 is 11.6 Å². The third kappa shape index (κ3) is 4.45. The van der Waals surface area contributed by atoms with Gasteiger partial charge in [0.2, 0.25) is 11.8 Å². The van der Waals surface area contributed by atoms with Crippen LogP contribution in [0.4, 0.5) is 13.9 Å². The summed E-state index contributed by atoms with van der Waals surface area (Å²) in [7, 11) is 0. The maximum atomic E-state index is 13.8. The van der Waals surface area contributed by atoms with Crippen molar-refractivity contribution in [1.29, 1.82) is 0 Å². The van der Waals surface area contributed by atoms with Gasteiger partial charge < -0.3 is 15.1 Å². The lowest BCUT2D eigenvalue weighted by molar-refractivity contribution is -0.129. The van der Waals surface area contributed by atoms with E-state index in [4.69, 9.17) is 4.98 Å². The Kier molecular flexibility index (Phi) is 5.99. The molecule has 2 aromatic rings. The lowest BCUT2D eigenvalue weighted by Crippen LogP contribution is -2.48. The van der Waals surface area contributed by atoms with Gasteiger partial charge in [-0.3, -0.25) is 9.59 Å². The van der Waals surface area contributed by atoms with Crippen molar-refractivity contribution in [1.82, 2.24) is 15.2 Å². The summed E-state index contributed by atoms with van der Waals surface area (Å²) in [6, 6.07) is 3.24. The van der Waals surface area contributed by atoms with E-state index in [1.807, 2.05) is 4.90 Å². The van der Waals surface area contributed by atoms with Gasteiger partial charge in [0.15, 0.2) is 5.13 Å². The van der Waals surface area contributed by atoms with Gasteiger partial charge in [-0.15, -0.1) is 11.3 Å². The van der Waals surface area contributed by atoms with Crippen LogP contribution in [0.1, 0.15) is 29.5 Å². The highest BCUT2D eigenvalue weighted by molar-refractivity contribution is 7.15. The fourth-order valence-corrected chi connectivity index (χ4v) is 5.18. The van der Waals surface area contributed by atoms with Crippen LogP contribution in [0.3, 0.4) is 0 Å². The summed E-state index contributed by atoms with van der Waals surface area (Å²) in [5, 5.41) is 3.69. The highest BCUT2D eigenvalue weighted by atomic mass is 32.1. The van der Waals surface area contributed by atoms with E-state index in [0.717, 1.165) is 53.4 Å². The van der Waals surface area contributed by atoms with Crippen LogP contribution in [-0.2, 0) is 29.0 Å². The summed E-state index contributed by atoms with van der Waals surface area (Å²) in [4.78, 5) is 34.0. The minimum Gasteiger partial charge on any atom is -0.352 e. The van der Waals surface area contributed by atoms with Crippen LogP contribution in [-0.4, -0.2) is 47.9 Å². The second-order valence-corrected chi connectivity index (χ2v) is 8.81. The van der Waals surface area contributed by atoms with Gasteiger partial charge >= 0.3 is 0 Å². The number of aromatic nitrogens is 1. The lowest BCUT2D eigenvalue weighted by atomic mass is 9.90. The molecular formula is C21H24F2N4O2S. The summed E-state index contributed by atoms with van der Waals surface area (Å²) in [6.07, 6.45) is 2.02. The Morgan fingerprint density at radius 1 is 1.23 bits per heavy atom. The summed E-state index contributed by atoms with van der Waals surface area (Å²) >= 11 is 1.61. The zero-order chi connectivity index (χ0) is 21.3. The van der Waals surface area contributed by atoms with Crippen molar-refractivity contribution < 1.29 is 18.4 Å². The van der Waals surface area contributed by atoms with E-state index in [2.05, 4.69) is 10.2 Å². The third-order valence-electron chi connectivity index (χ3n) is 5.76. The van der Waals surface area contributed by atoms with Crippen molar-refractivity contribution in [2.24, 2.45) is 5.92 Å². The van der Waals surface area contributed by atoms with E-state index in [-0.39, 0.29) is 29.8 Å². The normalized spacial score (nSPS) is 18.8. The van der Waals surface area contributed by atoms with E-state index in [0.29, 0.717) is 25.9 Å². The van der Waals surface area contributed by atoms with Crippen LogP contribution in [0.25, 0.3) is 0 Å². The monoisotopic (exact) mass is 434 g/mol. The van der Waals surface area contributed by atoms with Crippen molar-refractivity contribution in [2.45, 2.75) is 32.7 Å². The first-order valence-corrected chi connectivity index (χ1v) is 10.9. The van der Waals surface area contributed by atoms with Crippen molar-refractivity contribution >= 4 is 28.3 Å². The SMILES string of the molecule is CC(=O)N1CCN(c2nc3c(s2)CC(C(=O)NCc2cc(F)ccc2F)CC3)CC1. The largest absolute Gasteiger partial charge is 0.352 e. The van der Waals surface area contributed by atoms with Gasteiger partial charge in [-0.05, 0) is 37.5 Å². The molecular weight excluding hydrogens is 410 g/mol. The zero-order valence-electron chi connectivity index (χ0n) is 16.8. The summed E-state index contributed by atoms with van der Waals surface area (Å²) in [5.41, 5.74) is 1.19. The second kappa shape index (κ2) is 8.67. The first-order valence-electron chi connectivity index (χ1n) is 10.1. The van der Waals surface area contributed by atoms with Gasteiger partial charge in [-0.25, -0.2) is 13.8 Å². The van der Waals surface area contributed by atoms with Gasteiger partial charge in [0.05, 0.1) is 5.69 Å². The highest BCUT2D eigenvalue weighted by Crippen LogP contribution is 2.34. The molecule has 2 amide bonds. The number of carbonyl (C=O) groups is 2. The molecule has 0 radical (unpaired) electrons. The van der Waals surface area contributed by atoms with Crippen LogP contribution in [0.2, 0.25) is 0 Å². The number of aryl methyl sites for hydroxylation is 1. The number of anilines is 1. The Morgan fingerprint density at radius 2 is 2.00 bits per heavy atom. The molecule has 2 aliphatic rings. The minimum absolute atomic E-state index is 0.0276. The zero-order valence-corrected chi connectivity index (χ0v) is 17.6. The van der Waals surface area contributed by atoms with Crippen LogP contribution < -0.4 is 10.2 Å². The Morgan fingerprint density at radius 3 is 2.73 bits per heavy atom. The van der Waals surface area contributed by atoms with Crippen LogP contribution in [0, 0.1) is 17.6 Å². The fourth-order valence-electron chi connectivity index (χ4n) is 3.94. The number of benzene rings is 1. The number of hydrogen-bond donors (Lipinski definition) is 1. The summed E-state index contributed by atoms with van der Waals surface area (Å²) in [5.74, 6) is -1.30. The van der Waals surface area contributed by atoms with E-state index in [1.165, 1.54) is 0 Å². The number of halogens is 2. The quantitative estimate of drug-likeness (QED) is 0.803. The minimum atomic E-state index is -0.528. The molecule has 1 saturated heterocycles. The third-order valence-corrected chi connectivity index (χ3v) is 6.94. The molecule has 4 rings (SSSR count). The molecule has 0 bridgehead atoms. The number of piperazine rings is 1. The van der Waals surface area contributed by atoms with E-state index >= 15 is 0 Å².